The predicted molar refractivity (Wildman–Crippen MR) is 114 cm³/mol. The van der Waals surface area contributed by atoms with Gasteiger partial charge in [-0.2, -0.15) is 0 Å². The summed E-state index contributed by atoms with van der Waals surface area (Å²) < 4.78 is 5.72. The highest BCUT2D eigenvalue weighted by Gasteiger charge is 2.07. The van der Waals surface area contributed by atoms with Gasteiger partial charge in [-0.3, -0.25) is 9.79 Å². The third-order valence-electron chi connectivity index (χ3n) is 4.09. The molecule has 6 nitrogen and oxygen atoms in total. The number of carbonyl (C=O) groups excluding carboxylic acids is 1. The molecule has 7 heteroatoms. The highest BCUT2D eigenvalue weighted by Crippen LogP contribution is 2.15. The lowest BCUT2D eigenvalue weighted by molar-refractivity contribution is 0.0956. The number of amides is 1. The highest BCUT2D eigenvalue weighted by molar-refractivity contribution is 6.30. The molecule has 0 aliphatic rings. The van der Waals surface area contributed by atoms with E-state index in [-0.39, 0.29) is 5.91 Å². The normalized spacial score (nSPS) is 11.1. The van der Waals surface area contributed by atoms with E-state index in [1.54, 1.807) is 19.2 Å². The van der Waals surface area contributed by atoms with Crippen LogP contribution in [0.5, 0.6) is 5.75 Å². The molecule has 0 unspecified atom stereocenters. The van der Waals surface area contributed by atoms with Gasteiger partial charge in [-0.25, -0.2) is 0 Å². The van der Waals surface area contributed by atoms with Gasteiger partial charge < -0.3 is 20.3 Å². The number of nitrogens with zero attached hydrogens (tertiary/aromatic N) is 2. The molecule has 0 heterocycles. The van der Waals surface area contributed by atoms with E-state index in [1.165, 1.54) is 0 Å². The van der Waals surface area contributed by atoms with Crippen LogP contribution in [0.3, 0.4) is 0 Å². The summed E-state index contributed by atoms with van der Waals surface area (Å²) in [6.45, 7) is 4.34. The highest BCUT2D eigenvalue weighted by atomic mass is 35.5. The predicted octanol–water partition coefficient (Wildman–Crippen LogP) is 3.18. The zero-order chi connectivity index (χ0) is 20.4. The molecule has 150 valence electrons. The molecule has 0 aromatic heterocycles. The molecule has 2 aromatic carbocycles. The number of hydrogen-bond donors (Lipinski definition) is 2. The maximum atomic E-state index is 11.8. The second kappa shape index (κ2) is 11.2. The van der Waals surface area contributed by atoms with Crippen molar-refractivity contribution in [3.05, 3.63) is 64.7 Å². The third kappa shape index (κ3) is 6.78. The summed E-state index contributed by atoms with van der Waals surface area (Å²) in [5.74, 6) is 1.50. The summed E-state index contributed by atoms with van der Waals surface area (Å²) in [4.78, 5) is 18.1. The van der Waals surface area contributed by atoms with E-state index in [0.29, 0.717) is 36.8 Å². The summed E-state index contributed by atoms with van der Waals surface area (Å²) in [7, 11) is 3.70. The van der Waals surface area contributed by atoms with Crippen molar-refractivity contribution in [3.8, 4) is 5.75 Å². The molecule has 0 aliphatic heterocycles. The minimum absolute atomic E-state index is 0.0572. The molecule has 0 radical (unpaired) electrons. The number of carbonyl (C=O) groups is 1. The SMILES string of the molecule is CCNC(=O)c1ccc(CNC(=NC)N(C)CCOc2ccc(Cl)cc2)cc1. The molecule has 0 bridgehead atoms. The number of likely N-dealkylation sites (N-methyl/N-ethyl adjacent to an activating group) is 1. The lowest BCUT2D eigenvalue weighted by Gasteiger charge is -2.22. The van der Waals surface area contributed by atoms with Crippen molar-refractivity contribution < 1.29 is 9.53 Å². The average Bonchev–Trinajstić information content (AvgIpc) is 2.70. The second-order valence-corrected chi connectivity index (χ2v) is 6.62. The molecule has 2 rings (SSSR count). The quantitative estimate of drug-likeness (QED) is 0.525. The van der Waals surface area contributed by atoms with Crippen LogP contribution >= 0.6 is 11.6 Å². The fourth-order valence-electron chi connectivity index (χ4n) is 2.54. The largest absolute Gasteiger partial charge is 0.492 e. The van der Waals surface area contributed by atoms with Gasteiger partial charge in [-0.1, -0.05) is 23.7 Å². The Morgan fingerprint density at radius 3 is 2.39 bits per heavy atom. The number of benzene rings is 2. The lowest BCUT2D eigenvalue weighted by atomic mass is 10.1. The summed E-state index contributed by atoms with van der Waals surface area (Å²) in [5.41, 5.74) is 1.73. The molecule has 2 N–H and O–H groups in total. The number of halogens is 1. The van der Waals surface area contributed by atoms with E-state index in [4.69, 9.17) is 16.3 Å². The minimum Gasteiger partial charge on any atom is -0.492 e. The standard InChI is InChI=1S/C21H27ClN4O2/c1-4-24-20(27)17-7-5-16(6-8-17)15-25-21(23-2)26(3)13-14-28-19-11-9-18(22)10-12-19/h5-12H,4,13-15H2,1-3H3,(H,23,25)(H,24,27). The van der Waals surface area contributed by atoms with Crippen molar-refractivity contribution >= 4 is 23.5 Å². The Hall–Kier alpha value is -2.73. The third-order valence-corrected chi connectivity index (χ3v) is 4.34. The van der Waals surface area contributed by atoms with Gasteiger partial charge in [0.2, 0.25) is 0 Å². The first-order valence-electron chi connectivity index (χ1n) is 9.20. The monoisotopic (exact) mass is 402 g/mol. The first kappa shape index (κ1) is 21.6. The molecule has 0 spiro atoms. The zero-order valence-corrected chi connectivity index (χ0v) is 17.3. The van der Waals surface area contributed by atoms with E-state index in [2.05, 4.69) is 15.6 Å². The van der Waals surface area contributed by atoms with Crippen LogP contribution in [-0.4, -0.2) is 50.6 Å². The molecule has 0 aliphatic carbocycles. The van der Waals surface area contributed by atoms with Crippen LogP contribution in [0.25, 0.3) is 0 Å². The Morgan fingerprint density at radius 1 is 1.11 bits per heavy atom. The van der Waals surface area contributed by atoms with Gasteiger partial charge in [-0.05, 0) is 48.9 Å². The number of guanidine groups is 1. The van der Waals surface area contributed by atoms with Gasteiger partial charge in [0.05, 0.1) is 6.54 Å². The van der Waals surface area contributed by atoms with Crippen molar-refractivity contribution in [1.29, 1.82) is 0 Å². The van der Waals surface area contributed by atoms with E-state index >= 15 is 0 Å². The molecule has 0 saturated carbocycles. The van der Waals surface area contributed by atoms with Crippen LogP contribution < -0.4 is 15.4 Å². The Bertz CT molecular complexity index is 776. The molecule has 0 saturated heterocycles. The van der Waals surface area contributed by atoms with Gasteiger partial charge in [-0.15, -0.1) is 0 Å². The maximum Gasteiger partial charge on any atom is 0.251 e. The van der Waals surface area contributed by atoms with Crippen molar-refractivity contribution in [1.82, 2.24) is 15.5 Å². The van der Waals surface area contributed by atoms with Crippen LogP contribution in [0.15, 0.2) is 53.5 Å². The van der Waals surface area contributed by atoms with Crippen molar-refractivity contribution in [2.45, 2.75) is 13.5 Å². The topological polar surface area (TPSA) is 66.0 Å². The Balaban J connectivity index is 1.79. The summed E-state index contributed by atoms with van der Waals surface area (Å²) in [5, 5.41) is 6.80. The van der Waals surface area contributed by atoms with Gasteiger partial charge in [0.25, 0.3) is 5.91 Å². The molecule has 0 atom stereocenters. The van der Waals surface area contributed by atoms with Crippen molar-refractivity contribution in [3.63, 3.8) is 0 Å². The van der Waals surface area contributed by atoms with E-state index in [1.807, 2.05) is 55.3 Å². The zero-order valence-electron chi connectivity index (χ0n) is 16.5. The van der Waals surface area contributed by atoms with Gasteiger partial charge in [0.15, 0.2) is 5.96 Å². The van der Waals surface area contributed by atoms with Gasteiger partial charge in [0.1, 0.15) is 12.4 Å². The maximum absolute atomic E-state index is 11.8. The minimum atomic E-state index is -0.0572. The number of hydrogen-bond acceptors (Lipinski definition) is 3. The van der Waals surface area contributed by atoms with Crippen LogP contribution in [0.4, 0.5) is 0 Å². The second-order valence-electron chi connectivity index (χ2n) is 6.18. The first-order chi connectivity index (χ1) is 13.5. The Kier molecular flexibility index (Phi) is 8.62. The molecule has 0 fully saturated rings. The van der Waals surface area contributed by atoms with E-state index in [9.17, 15) is 4.79 Å². The first-order valence-corrected chi connectivity index (χ1v) is 9.58. The summed E-state index contributed by atoms with van der Waals surface area (Å²) >= 11 is 5.87. The average molecular weight is 403 g/mol. The van der Waals surface area contributed by atoms with Crippen molar-refractivity contribution in [2.24, 2.45) is 4.99 Å². The lowest BCUT2D eigenvalue weighted by Crippen LogP contribution is -2.40. The van der Waals surface area contributed by atoms with Crippen LogP contribution in [0, 0.1) is 0 Å². The molecular formula is C21H27ClN4O2. The van der Waals surface area contributed by atoms with E-state index < -0.39 is 0 Å². The van der Waals surface area contributed by atoms with Crippen molar-refractivity contribution in [2.75, 3.05) is 33.8 Å². The fourth-order valence-corrected chi connectivity index (χ4v) is 2.67. The summed E-state index contributed by atoms with van der Waals surface area (Å²) in [6.07, 6.45) is 0. The Labute approximate surface area is 171 Å². The molecule has 28 heavy (non-hydrogen) atoms. The molecule has 1 amide bonds. The van der Waals surface area contributed by atoms with Gasteiger partial charge >= 0.3 is 0 Å². The van der Waals surface area contributed by atoms with Gasteiger partial charge in [0, 0.05) is 37.8 Å². The number of ether oxygens (including phenoxy) is 1. The van der Waals surface area contributed by atoms with E-state index in [0.717, 1.165) is 17.3 Å². The molecule has 2 aromatic rings. The number of aliphatic imine (C=N–C) groups is 1. The summed E-state index contributed by atoms with van der Waals surface area (Å²) in [6, 6.07) is 14.8. The smallest absolute Gasteiger partial charge is 0.251 e. The number of nitrogens with one attached hydrogen (secondary N) is 2. The van der Waals surface area contributed by atoms with Crippen LogP contribution in [-0.2, 0) is 6.54 Å². The molecular weight excluding hydrogens is 376 g/mol. The van der Waals surface area contributed by atoms with Crippen LogP contribution in [0.1, 0.15) is 22.8 Å². The fraction of sp³-hybridized carbons (Fsp3) is 0.333. The van der Waals surface area contributed by atoms with Crippen LogP contribution in [0.2, 0.25) is 5.02 Å². The number of rotatable bonds is 8. The Morgan fingerprint density at radius 2 is 1.79 bits per heavy atom.